The average molecular weight is 197 g/mol. The van der Waals surface area contributed by atoms with Gasteiger partial charge in [0.05, 0.1) is 0 Å². The SMILES string of the molecule is C[C@H]1NC(=O)C[C@@H]1CN1CCNCC1. The number of nitrogens with zero attached hydrogens (tertiary/aromatic N) is 1. The van der Waals surface area contributed by atoms with E-state index in [1.807, 2.05) is 0 Å². The molecule has 4 heteroatoms. The number of carbonyl (C=O) groups is 1. The van der Waals surface area contributed by atoms with Gasteiger partial charge in [-0.3, -0.25) is 4.79 Å². The summed E-state index contributed by atoms with van der Waals surface area (Å²) in [6, 6.07) is 0.359. The van der Waals surface area contributed by atoms with E-state index in [-0.39, 0.29) is 5.91 Å². The fraction of sp³-hybridized carbons (Fsp3) is 0.900. The van der Waals surface area contributed by atoms with Crippen molar-refractivity contribution in [3.05, 3.63) is 0 Å². The fourth-order valence-corrected chi connectivity index (χ4v) is 2.29. The molecule has 2 heterocycles. The van der Waals surface area contributed by atoms with Crippen molar-refractivity contribution in [2.45, 2.75) is 19.4 Å². The van der Waals surface area contributed by atoms with Crippen LogP contribution in [-0.4, -0.2) is 49.6 Å². The van der Waals surface area contributed by atoms with Gasteiger partial charge in [-0.15, -0.1) is 0 Å². The van der Waals surface area contributed by atoms with Gasteiger partial charge in [-0.2, -0.15) is 0 Å². The molecule has 0 aromatic heterocycles. The number of carbonyl (C=O) groups excluding carboxylic acids is 1. The van der Waals surface area contributed by atoms with Crippen LogP contribution in [0.15, 0.2) is 0 Å². The third-order valence-corrected chi connectivity index (χ3v) is 3.25. The van der Waals surface area contributed by atoms with E-state index in [0.717, 1.165) is 32.7 Å². The van der Waals surface area contributed by atoms with Crippen LogP contribution in [0.1, 0.15) is 13.3 Å². The normalized spacial score (nSPS) is 34.5. The van der Waals surface area contributed by atoms with Crippen LogP contribution in [-0.2, 0) is 4.79 Å². The van der Waals surface area contributed by atoms with Crippen molar-refractivity contribution in [1.82, 2.24) is 15.5 Å². The molecule has 14 heavy (non-hydrogen) atoms. The third-order valence-electron chi connectivity index (χ3n) is 3.25. The van der Waals surface area contributed by atoms with Crippen molar-refractivity contribution in [3.63, 3.8) is 0 Å². The quantitative estimate of drug-likeness (QED) is 0.622. The Morgan fingerprint density at radius 2 is 2.14 bits per heavy atom. The second-order valence-corrected chi connectivity index (χ2v) is 4.37. The van der Waals surface area contributed by atoms with E-state index < -0.39 is 0 Å². The second kappa shape index (κ2) is 4.28. The first-order valence-corrected chi connectivity index (χ1v) is 5.48. The van der Waals surface area contributed by atoms with Gasteiger partial charge in [0, 0.05) is 51.1 Å². The van der Waals surface area contributed by atoms with Crippen molar-refractivity contribution >= 4 is 5.91 Å². The molecule has 0 aliphatic carbocycles. The molecule has 2 aliphatic rings. The lowest BCUT2D eigenvalue weighted by atomic mass is 10.0. The molecule has 0 radical (unpaired) electrons. The molecule has 0 aromatic carbocycles. The third kappa shape index (κ3) is 2.25. The fourth-order valence-electron chi connectivity index (χ4n) is 2.29. The van der Waals surface area contributed by atoms with E-state index in [2.05, 4.69) is 22.5 Å². The van der Waals surface area contributed by atoms with Crippen LogP contribution in [0.3, 0.4) is 0 Å². The largest absolute Gasteiger partial charge is 0.353 e. The molecule has 0 aromatic rings. The van der Waals surface area contributed by atoms with Gasteiger partial charge in [-0.1, -0.05) is 0 Å². The lowest BCUT2D eigenvalue weighted by Crippen LogP contribution is -2.46. The van der Waals surface area contributed by atoms with Crippen LogP contribution in [0.2, 0.25) is 0 Å². The first-order chi connectivity index (χ1) is 6.75. The molecule has 1 amide bonds. The molecule has 2 atom stereocenters. The maximum absolute atomic E-state index is 11.2. The predicted octanol–water partition coefficient (Wildman–Crippen LogP) is -0.584. The van der Waals surface area contributed by atoms with Crippen LogP contribution in [0.25, 0.3) is 0 Å². The van der Waals surface area contributed by atoms with E-state index >= 15 is 0 Å². The van der Waals surface area contributed by atoms with Crippen molar-refractivity contribution in [2.75, 3.05) is 32.7 Å². The zero-order valence-electron chi connectivity index (χ0n) is 8.75. The molecule has 2 rings (SSSR count). The van der Waals surface area contributed by atoms with E-state index in [0.29, 0.717) is 18.4 Å². The lowest BCUT2D eigenvalue weighted by molar-refractivity contribution is -0.119. The summed E-state index contributed by atoms with van der Waals surface area (Å²) in [6.07, 6.45) is 0.713. The summed E-state index contributed by atoms with van der Waals surface area (Å²) < 4.78 is 0. The highest BCUT2D eigenvalue weighted by molar-refractivity contribution is 5.78. The van der Waals surface area contributed by atoms with Gasteiger partial charge in [-0.25, -0.2) is 0 Å². The van der Waals surface area contributed by atoms with Gasteiger partial charge in [0.15, 0.2) is 0 Å². The summed E-state index contributed by atoms with van der Waals surface area (Å²) >= 11 is 0. The zero-order valence-corrected chi connectivity index (χ0v) is 8.75. The first kappa shape index (κ1) is 9.93. The Morgan fingerprint density at radius 1 is 1.43 bits per heavy atom. The Hall–Kier alpha value is -0.610. The van der Waals surface area contributed by atoms with Gasteiger partial charge < -0.3 is 15.5 Å². The van der Waals surface area contributed by atoms with Crippen LogP contribution in [0.5, 0.6) is 0 Å². The Balaban J connectivity index is 1.81. The van der Waals surface area contributed by atoms with Crippen LogP contribution < -0.4 is 10.6 Å². The number of hydrogen-bond acceptors (Lipinski definition) is 3. The van der Waals surface area contributed by atoms with Crippen molar-refractivity contribution in [2.24, 2.45) is 5.92 Å². The molecule has 0 spiro atoms. The summed E-state index contributed by atoms with van der Waals surface area (Å²) in [7, 11) is 0. The Labute approximate surface area is 85.0 Å². The average Bonchev–Trinajstić information content (AvgIpc) is 2.47. The summed E-state index contributed by atoms with van der Waals surface area (Å²) in [6.45, 7) is 7.60. The highest BCUT2D eigenvalue weighted by Crippen LogP contribution is 2.17. The van der Waals surface area contributed by atoms with Gasteiger partial charge in [-0.05, 0) is 6.92 Å². The van der Waals surface area contributed by atoms with Crippen molar-refractivity contribution in [3.8, 4) is 0 Å². The molecule has 0 unspecified atom stereocenters. The second-order valence-electron chi connectivity index (χ2n) is 4.37. The first-order valence-electron chi connectivity index (χ1n) is 5.48. The van der Waals surface area contributed by atoms with E-state index in [4.69, 9.17) is 0 Å². The standard InChI is InChI=1S/C10H19N3O/c1-8-9(6-10(14)12-8)7-13-4-2-11-3-5-13/h8-9,11H,2-7H2,1H3,(H,12,14)/t8-,9-/m1/s1. The van der Waals surface area contributed by atoms with Gasteiger partial charge in [0.1, 0.15) is 0 Å². The molecular weight excluding hydrogens is 178 g/mol. The van der Waals surface area contributed by atoms with Crippen LogP contribution >= 0.6 is 0 Å². The van der Waals surface area contributed by atoms with Gasteiger partial charge >= 0.3 is 0 Å². The van der Waals surface area contributed by atoms with Gasteiger partial charge in [0.2, 0.25) is 5.91 Å². The maximum Gasteiger partial charge on any atom is 0.220 e. The predicted molar refractivity (Wildman–Crippen MR) is 55.0 cm³/mol. The number of hydrogen-bond donors (Lipinski definition) is 2. The Bertz CT molecular complexity index is 213. The maximum atomic E-state index is 11.2. The zero-order chi connectivity index (χ0) is 9.97. The molecule has 4 nitrogen and oxygen atoms in total. The number of piperazine rings is 1. The summed E-state index contributed by atoms with van der Waals surface area (Å²) in [5, 5.41) is 6.31. The number of nitrogens with one attached hydrogen (secondary N) is 2. The van der Waals surface area contributed by atoms with Crippen molar-refractivity contribution < 1.29 is 4.79 Å². The van der Waals surface area contributed by atoms with E-state index in [1.165, 1.54) is 0 Å². The summed E-state index contributed by atoms with van der Waals surface area (Å²) in [5.41, 5.74) is 0. The molecule has 0 saturated carbocycles. The minimum Gasteiger partial charge on any atom is -0.353 e. The van der Waals surface area contributed by atoms with E-state index in [1.54, 1.807) is 0 Å². The highest BCUT2D eigenvalue weighted by Gasteiger charge is 2.30. The Kier molecular flexibility index (Phi) is 3.03. The minimum absolute atomic E-state index is 0.220. The van der Waals surface area contributed by atoms with Crippen molar-refractivity contribution in [1.29, 1.82) is 0 Å². The molecule has 0 bridgehead atoms. The van der Waals surface area contributed by atoms with Crippen LogP contribution in [0.4, 0.5) is 0 Å². The smallest absolute Gasteiger partial charge is 0.220 e. The molecule has 2 N–H and O–H groups in total. The molecule has 2 fully saturated rings. The molecule has 2 aliphatic heterocycles. The summed E-state index contributed by atoms with van der Waals surface area (Å²) in [4.78, 5) is 13.6. The Morgan fingerprint density at radius 3 is 2.71 bits per heavy atom. The van der Waals surface area contributed by atoms with Crippen LogP contribution in [0, 0.1) is 5.92 Å². The summed E-state index contributed by atoms with van der Waals surface area (Å²) in [5.74, 6) is 0.734. The number of amides is 1. The number of rotatable bonds is 2. The monoisotopic (exact) mass is 197 g/mol. The topological polar surface area (TPSA) is 44.4 Å². The highest BCUT2D eigenvalue weighted by atomic mass is 16.2. The van der Waals surface area contributed by atoms with E-state index in [9.17, 15) is 4.79 Å². The minimum atomic E-state index is 0.220. The molecule has 2 saturated heterocycles. The molecular formula is C10H19N3O. The lowest BCUT2D eigenvalue weighted by Gasteiger charge is -2.30. The van der Waals surface area contributed by atoms with Gasteiger partial charge in [0.25, 0.3) is 0 Å². The molecule has 80 valence electrons.